The molecular weight excluding hydrogens is 304 g/mol. The predicted molar refractivity (Wildman–Crippen MR) is 61.1 cm³/mol. The van der Waals surface area contributed by atoms with Gasteiger partial charge < -0.3 is 5.11 Å². The third-order valence-electron chi connectivity index (χ3n) is 1.60. The van der Waals surface area contributed by atoms with Crippen molar-refractivity contribution in [1.29, 1.82) is 0 Å². The summed E-state index contributed by atoms with van der Waals surface area (Å²) in [6.07, 6.45) is 0. The van der Waals surface area contributed by atoms with Crippen LogP contribution in [0.3, 0.4) is 0 Å². The number of benzene rings is 1. The highest BCUT2D eigenvalue weighted by atomic mass is 79.9. The quantitative estimate of drug-likeness (QED) is 0.378. The van der Waals surface area contributed by atoms with E-state index in [9.17, 15) is 23.6 Å². The summed E-state index contributed by atoms with van der Waals surface area (Å²) in [5.74, 6) is -0.501. The van der Waals surface area contributed by atoms with Gasteiger partial charge in [-0.05, 0) is 6.07 Å². The third-order valence-corrected chi connectivity index (χ3v) is 4.23. The van der Waals surface area contributed by atoms with Crippen molar-refractivity contribution >= 4 is 37.3 Å². The second-order valence-corrected chi connectivity index (χ2v) is 5.81. The number of halogens is 1. The number of aromatic hydroxyl groups is 1. The Morgan fingerprint density at radius 2 is 2.12 bits per heavy atom. The summed E-state index contributed by atoms with van der Waals surface area (Å²) in [6.45, 7) is 0. The molecule has 0 aliphatic carbocycles. The van der Waals surface area contributed by atoms with Crippen LogP contribution in [0.4, 0.5) is 11.4 Å². The van der Waals surface area contributed by atoms with Crippen LogP contribution in [0.25, 0.3) is 0 Å². The topological polar surface area (TPSA) is 110 Å². The number of nitro groups is 1. The molecule has 0 saturated heterocycles. The maximum Gasteiger partial charge on any atom is 0.273 e. The number of sulfonamides is 1. The van der Waals surface area contributed by atoms with Crippen LogP contribution in [0.2, 0.25) is 0 Å². The number of rotatable bonds is 4. The molecule has 0 fully saturated rings. The molecule has 0 radical (unpaired) electrons. The summed E-state index contributed by atoms with van der Waals surface area (Å²) >= 11 is 2.75. The summed E-state index contributed by atoms with van der Waals surface area (Å²) < 4.78 is 24.0. The average molecular weight is 311 g/mol. The number of nitro benzene ring substituents is 1. The molecule has 0 amide bonds. The predicted octanol–water partition coefficient (Wildman–Crippen LogP) is 1.39. The number of hydrogen-bond acceptors (Lipinski definition) is 5. The lowest BCUT2D eigenvalue weighted by Crippen LogP contribution is -2.13. The number of phenolic OH excluding ortho intramolecular Hbond substituents is 1. The Labute approximate surface area is 99.4 Å². The molecule has 88 valence electrons. The molecule has 16 heavy (non-hydrogen) atoms. The number of nitrogens with one attached hydrogen (secondary N) is 1. The number of non-ortho nitro benzene ring substituents is 1. The number of anilines is 1. The normalized spacial score (nSPS) is 11.1. The first-order valence-corrected chi connectivity index (χ1v) is 6.67. The Bertz CT molecular complexity index is 516. The van der Waals surface area contributed by atoms with Crippen molar-refractivity contribution in [3.05, 3.63) is 28.3 Å². The first-order valence-electron chi connectivity index (χ1n) is 3.89. The SMILES string of the molecule is O=[N+]([O-])c1ccc(NS(=O)(=O)CBr)c(O)c1. The van der Waals surface area contributed by atoms with E-state index in [-0.39, 0.29) is 16.0 Å². The van der Waals surface area contributed by atoms with Crippen molar-refractivity contribution in [2.24, 2.45) is 0 Å². The van der Waals surface area contributed by atoms with Crippen molar-refractivity contribution in [2.45, 2.75) is 0 Å². The lowest BCUT2D eigenvalue weighted by Gasteiger charge is -2.06. The maximum atomic E-state index is 11.1. The molecule has 0 atom stereocenters. The number of alkyl halides is 1. The van der Waals surface area contributed by atoms with E-state index >= 15 is 0 Å². The second kappa shape index (κ2) is 4.66. The van der Waals surface area contributed by atoms with Crippen molar-refractivity contribution in [1.82, 2.24) is 0 Å². The molecule has 7 nitrogen and oxygen atoms in total. The van der Waals surface area contributed by atoms with Gasteiger partial charge in [0.25, 0.3) is 5.69 Å². The van der Waals surface area contributed by atoms with Crippen molar-refractivity contribution in [3.63, 3.8) is 0 Å². The van der Waals surface area contributed by atoms with Crippen LogP contribution in [-0.4, -0.2) is 23.1 Å². The zero-order valence-corrected chi connectivity index (χ0v) is 10.2. The summed E-state index contributed by atoms with van der Waals surface area (Å²) in [5, 5.41) is 19.7. The van der Waals surface area contributed by atoms with Crippen LogP contribution < -0.4 is 4.72 Å². The van der Waals surface area contributed by atoms with E-state index in [1.165, 1.54) is 0 Å². The van der Waals surface area contributed by atoms with Gasteiger partial charge in [-0.3, -0.25) is 14.8 Å². The highest BCUT2D eigenvalue weighted by Crippen LogP contribution is 2.28. The number of nitrogens with zero attached hydrogens (tertiary/aromatic N) is 1. The zero-order valence-electron chi connectivity index (χ0n) is 7.75. The Morgan fingerprint density at radius 3 is 2.56 bits per heavy atom. The second-order valence-electron chi connectivity index (χ2n) is 2.78. The molecule has 0 unspecified atom stereocenters. The summed E-state index contributed by atoms with van der Waals surface area (Å²) in [4.78, 5) is 9.66. The monoisotopic (exact) mass is 310 g/mol. The molecule has 1 aromatic carbocycles. The minimum absolute atomic E-state index is 0.106. The fraction of sp³-hybridized carbons (Fsp3) is 0.143. The van der Waals surface area contributed by atoms with Gasteiger partial charge in [0, 0.05) is 6.07 Å². The lowest BCUT2D eigenvalue weighted by atomic mass is 10.3. The van der Waals surface area contributed by atoms with Crippen LogP contribution in [0, 0.1) is 10.1 Å². The zero-order chi connectivity index (χ0) is 12.3. The smallest absolute Gasteiger partial charge is 0.273 e. The van der Waals surface area contributed by atoms with Crippen LogP contribution >= 0.6 is 15.9 Å². The Morgan fingerprint density at radius 1 is 1.50 bits per heavy atom. The molecule has 9 heteroatoms. The van der Waals surface area contributed by atoms with Gasteiger partial charge in [-0.25, -0.2) is 8.42 Å². The Kier molecular flexibility index (Phi) is 3.70. The molecule has 0 saturated carbocycles. The molecule has 0 bridgehead atoms. The van der Waals surface area contributed by atoms with Crippen LogP contribution in [-0.2, 0) is 10.0 Å². The molecule has 0 spiro atoms. The summed E-state index contributed by atoms with van der Waals surface area (Å²) in [5.41, 5.74) is -0.427. The largest absolute Gasteiger partial charge is 0.505 e. The maximum absolute atomic E-state index is 11.1. The van der Waals surface area contributed by atoms with Crippen LogP contribution in [0.1, 0.15) is 0 Å². The standard InChI is InChI=1S/C7H7BrN2O5S/c8-4-16(14,15)9-6-2-1-5(10(12)13)3-7(6)11/h1-3,9,11H,4H2. The van der Waals surface area contributed by atoms with Crippen molar-refractivity contribution in [3.8, 4) is 5.75 Å². The minimum Gasteiger partial charge on any atom is -0.505 e. The van der Waals surface area contributed by atoms with Crippen LogP contribution in [0.5, 0.6) is 5.75 Å². The number of hydrogen-bond donors (Lipinski definition) is 2. The molecule has 0 heterocycles. The van der Waals surface area contributed by atoms with Gasteiger partial charge in [-0.15, -0.1) is 0 Å². The molecule has 2 N–H and O–H groups in total. The highest BCUT2D eigenvalue weighted by molar-refractivity contribution is 9.10. The van der Waals surface area contributed by atoms with E-state index in [2.05, 4.69) is 20.7 Å². The lowest BCUT2D eigenvalue weighted by molar-refractivity contribution is -0.384. The summed E-state index contributed by atoms with van der Waals surface area (Å²) in [7, 11) is -3.59. The van der Waals surface area contributed by atoms with Gasteiger partial charge in [-0.2, -0.15) is 0 Å². The van der Waals surface area contributed by atoms with Gasteiger partial charge in [-0.1, -0.05) is 15.9 Å². The fourth-order valence-electron chi connectivity index (χ4n) is 0.915. The van der Waals surface area contributed by atoms with Crippen LogP contribution in [0.15, 0.2) is 18.2 Å². The van der Waals surface area contributed by atoms with Gasteiger partial charge in [0.1, 0.15) is 10.4 Å². The van der Waals surface area contributed by atoms with E-state index in [1.54, 1.807) is 0 Å². The van der Waals surface area contributed by atoms with Crippen molar-refractivity contribution in [2.75, 3.05) is 9.38 Å². The third kappa shape index (κ3) is 3.07. The molecule has 0 aliphatic rings. The molecular formula is C7H7BrN2O5S. The molecule has 1 aromatic rings. The van der Waals surface area contributed by atoms with Gasteiger partial charge in [0.15, 0.2) is 0 Å². The minimum atomic E-state index is -3.59. The highest BCUT2D eigenvalue weighted by Gasteiger charge is 2.14. The Balaban J connectivity index is 3.05. The first-order chi connectivity index (χ1) is 7.35. The van der Waals surface area contributed by atoms with E-state index in [4.69, 9.17) is 0 Å². The first kappa shape index (κ1) is 12.7. The van der Waals surface area contributed by atoms with E-state index < -0.39 is 20.7 Å². The van der Waals surface area contributed by atoms with E-state index in [0.29, 0.717) is 0 Å². The molecule has 0 aromatic heterocycles. The summed E-state index contributed by atoms with van der Waals surface area (Å²) in [6, 6.07) is 3.07. The van der Waals surface area contributed by atoms with Crippen molar-refractivity contribution < 1.29 is 18.4 Å². The fourth-order valence-corrected chi connectivity index (χ4v) is 1.82. The molecule has 1 rings (SSSR count). The average Bonchev–Trinajstić information content (AvgIpc) is 2.20. The van der Waals surface area contributed by atoms with Gasteiger partial charge in [0.05, 0.1) is 16.7 Å². The van der Waals surface area contributed by atoms with E-state index in [1.807, 2.05) is 0 Å². The molecule has 0 aliphatic heterocycles. The number of phenols is 1. The Hall–Kier alpha value is -1.35. The van der Waals surface area contributed by atoms with Gasteiger partial charge >= 0.3 is 0 Å². The van der Waals surface area contributed by atoms with E-state index in [0.717, 1.165) is 18.2 Å². The van der Waals surface area contributed by atoms with Gasteiger partial charge in [0.2, 0.25) is 10.0 Å².